The SMILES string of the molecule is CC(C)(C)c1ccc(C(=O)Nc2cccc(-c3ccc(S(C)(=O)=O)nn3)c2)cc1. The minimum atomic E-state index is -3.40. The lowest BCUT2D eigenvalue weighted by molar-refractivity contribution is 0.102. The molecule has 2 aromatic carbocycles. The molecule has 0 fully saturated rings. The third kappa shape index (κ3) is 5.06. The largest absolute Gasteiger partial charge is 0.322 e. The van der Waals surface area contributed by atoms with E-state index in [1.54, 1.807) is 24.3 Å². The van der Waals surface area contributed by atoms with Gasteiger partial charge < -0.3 is 5.32 Å². The molecule has 0 spiro atoms. The summed E-state index contributed by atoms with van der Waals surface area (Å²) in [5, 5.41) is 10.6. The van der Waals surface area contributed by atoms with Crippen molar-refractivity contribution >= 4 is 21.4 Å². The van der Waals surface area contributed by atoms with E-state index in [2.05, 4.69) is 36.3 Å². The monoisotopic (exact) mass is 409 g/mol. The Balaban J connectivity index is 1.78. The van der Waals surface area contributed by atoms with Gasteiger partial charge in [-0.3, -0.25) is 4.79 Å². The molecule has 0 aliphatic heterocycles. The standard InChI is InChI=1S/C22H23N3O3S/c1-22(2,3)17-10-8-15(9-11-17)21(26)23-18-7-5-6-16(14-18)19-12-13-20(25-24-19)29(4,27)28/h5-14H,1-4H3,(H,23,26). The lowest BCUT2D eigenvalue weighted by Crippen LogP contribution is -2.14. The lowest BCUT2D eigenvalue weighted by Gasteiger charge is -2.19. The lowest BCUT2D eigenvalue weighted by atomic mass is 9.87. The van der Waals surface area contributed by atoms with Gasteiger partial charge in [0.05, 0.1) is 5.69 Å². The molecule has 0 saturated carbocycles. The maximum Gasteiger partial charge on any atom is 0.255 e. The first-order chi connectivity index (χ1) is 13.5. The maximum absolute atomic E-state index is 12.6. The van der Waals surface area contributed by atoms with Crippen LogP contribution in [0.15, 0.2) is 65.7 Å². The number of rotatable bonds is 4. The van der Waals surface area contributed by atoms with Crippen LogP contribution < -0.4 is 5.32 Å². The second-order valence-electron chi connectivity index (χ2n) is 7.89. The number of benzene rings is 2. The normalized spacial score (nSPS) is 11.9. The van der Waals surface area contributed by atoms with Crippen LogP contribution in [0.3, 0.4) is 0 Å². The van der Waals surface area contributed by atoms with Crippen molar-refractivity contribution in [2.24, 2.45) is 0 Å². The summed E-state index contributed by atoms with van der Waals surface area (Å²) in [5.74, 6) is -0.207. The Labute approximate surface area is 170 Å². The number of carbonyl (C=O) groups excluding carboxylic acids is 1. The van der Waals surface area contributed by atoms with Gasteiger partial charge in [0.2, 0.25) is 0 Å². The van der Waals surface area contributed by atoms with Gasteiger partial charge in [0.1, 0.15) is 0 Å². The van der Waals surface area contributed by atoms with E-state index in [4.69, 9.17) is 0 Å². The van der Waals surface area contributed by atoms with Crippen LogP contribution in [0.5, 0.6) is 0 Å². The average molecular weight is 410 g/mol. The molecule has 0 radical (unpaired) electrons. The van der Waals surface area contributed by atoms with Crippen molar-refractivity contribution in [2.45, 2.75) is 31.2 Å². The summed E-state index contributed by atoms with van der Waals surface area (Å²) in [5.41, 5.74) is 3.60. The summed E-state index contributed by atoms with van der Waals surface area (Å²) in [6, 6.07) is 17.7. The third-order valence-corrected chi connectivity index (χ3v) is 5.43. The Morgan fingerprint density at radius 3 is 2.17 bits per heavy atom. The smallest absolute Gasteiger partial charge is 0.255 e. The van der Waals surface area contributed by atoms with E-state index in [-0.39, 0.29) is 16.3 Å². The Morgan fingerprint density at radius 2 is 1.62 bits per heavy atom. The molecular weight excluding hydrogens is 386 g/mol. The van der Waals surface area contributed by atoms with Crippen molar-refractivity contribution in [3.63, 3.8) is 0 Å². The van der Waals surface area contributed by atoms with Crippen molar-refractivity contribution < 1.29 is 13.2 Å². The Hall–Kier alpha value is -3.06. The molecule has 0 bridgehead atoms. The number of hydrogen-bond donors (Lipinski definition) is 1. The van der Waals surface area contributed by atoms with Crippen molar-refractivity contribution in [2.75, 3.05) is 11.6 Å². The Morgan fingerprint density at radius 1 is 0.931 bits per heavy atom. The molecule has 29 heavy (non-hydrogen) atoms. The molecule has 3 aromatic rings. The van der Waals surface area contributed by atoms with E-state index in [0.29, 0.717) is 16.9 Å². The fourth-order valence-electron chi connectivity index (χ4n) is 2.75. The highest BCUT2D eigenvalue weighted by Gasteiger charge is 2.15. The second kappa shape index (κ2) is 7.75. The van der Waals surface area contributed by atoms with Crippen LogP contribution >= 0.6 is 0 Å². The van der Waals surface area contributed by atoms with E-state index in [9.17, 15) is 13.2 Å². The van der Waals surface area contributed by atoms with Gasteiger partial charge in [0, 0.05) is 23.1 Å². The average Bonchev–Trinajstić information content (AvgIpc) is 2.67. The Bertz CT molecular complexity index is 1130. The number of aromatic nitrogens is 2. The van der Waals surface area contributed by atoms with E-state index in [0.717, 1.165) is 17.4 Å². The molecule has 6 nitrogen and oxygen atoms in total. The minimum absolute atomic E-state index is 0.0248. The summed E-state index contributed by atoms with van der Waals surface area (Å²) in [6.07, 6.45) is 1.08. The number of amides is 1. The number of nitrogens with zero attached hydrogens (tertiary/aromatic N) is 2. The van der Waals surface area contributed by atoms with Crippen molar-refractivity contribution in [1.82, 2.24) is 10.2 Å². The van der Waals surface area contributed by atoms with E-state index in [1.807, 2.05) is 30.3 Å². The first-order valence-corrected chi connectivity index (χ1v) is 11.0. The van der Waals surface area contributed by atoms with Gasteiger partial charge >= 0.3 is 0 Å². The van der Waals surface area contributed by atoms with Gasteiger partial charge in [-0.1, -0.05) is 45.0 Å². The molecule has 3 rings (SSSR count). The number of nitrogens with one attached hydrogen (secondary N) is 1. The van der Waals surface area contributed by atoms with Crippen LogP contribution in [0.2, 0.25) is 0 Å². The first kappa shape index (κ1) is 20.7. The predicted molar refractivity (Wildman–Crippen MR) is 114 cm³/mol. The van der Waals surface area contributed by atoms with Crippen LogP contribution in [-0.4, -0.2) is 30.8 Å². The maximum atomic E-state index is 12.6. The number of hydrogen-bond acceptors (Lipinski definition) is 5. The van der Waals surface area contributed by atoms with Crippen LogP contribution in [0.1, 0.15) is 36.7 Å². The first-order valence-electron chi connectivity index (χ1n) is 9.10. The molecule has 7 heteroatoms. The molecule has 1 aromatic heterocycles. The van der Waals surface area contributed by atoms with Gasteiger partial charge in [0.25, 0.3) is 5.91 Å². The molecule has 1 heterocycles. The molecule has 0 atom stereocenters. The predicted octanol–water partition coefficient (Wildman–Crippen LogP) is 4.10. The summed E-state index contributed by atoms with van der Waals surface area (Å²) < 4.78 is 23.0. The number of sulfone groups is 1. The van der Waals surface area contributed by atoms with Crippen LogP contribution in [-0.2, 0) is 15.3 Å². The summed E-state index contributed by atoms with van der Waals surface area (Å²) in [7, 11) is -3.40. The van der Waals surface area contributed by atoms with Gasteiger partial charge in [0.15, 0.2) is 14.9 Å². The molecule has 1 N–H and O–H groups in total. The number of anilines is 1. The molecule has 0 aliphatic rings. The van der Waals surface area contributed by atoms with Crippen LogP contribution in [0, 0.1) is 0 Å². The summed E-state index contributed by atoms with van der Waals surface area (Å²) in [6.45, 7) is 6.37. The second-order valence-corrected chi connectivity index (χ2v) is 9.85. The molecule has 0 aliphatic carbocycles. The highest BCUT2D eigenvalue weighted by molar-refractivity contribution is 7.90. The molecule has 150 valence electrons. The van der Waals surface area contributed by atoms with Crippen LogP contribution in [0.4, 0.5) is 5.69 Å². The van der Waals surface area contributed by atoms with Crippen LogP contribution in [0.25, 0.3) is 11.3 Å². The minimum Gasteiger partial charge on any atom is -0.322 e. The van der Waals surface area contributed by atoms with Crippen molar-refractivity contribution in [1.29, 1.82) is 0 Å². The van der Waals surface area contributed by atoms with Gasteiger partial charge in [-0.05, 0) is 47.4 Å². The molecule has 0 saturated heterocycles. The van der Waals surface area contributed by atoms with Crippen molar-refractivity contribution in [3.8, 4) is 11.3 Å². The summed E-state index contributed by atoms with van der Waals surface area (Å²) >= 11 is 0. The topological polar surface area (TPSA) is 89.0 Å². The molecular formula is C22H23N3O3S. The number of carbonyl (C=O) groups is 1. The summed E-state index contributed by atoms with van der Waals surface area (Å²) in [4.78, 5) is 12.6. The zero-order chi connectivity index (χ0) is 21.2. The zero-order valence-electron chi connectivity index (χ0n) is 16.8. The van der Waals surface area contributed by atoms with Crippen molar-refractivity contribution in [3.05, 3.63) is 71.8 Å². The zero-order valence-corrected chi connectivity index (χ0v) is 17.6. The fourth-order valence-corrected chi connectivity index (χ4v) is 3.26. The molecule has 1 amide bonds. The Kier molecular flexibility index (Phi) is 5.53. The highest BCUT2D eigenvalue weighted by atomic mass is 32.2. The van der Waals surface area contributed by atoms with Gasteiger partial charge in [-0.2, -0.15) is 0 Å². The molecule has 0 unspecified atom stereocenters. The van der Waals surface area contributed by atoms with E-state index >= 15 is 0 Å². The fraction of sp³-hybridized carbons (Fsp3) is 0.227. The quantitative estimate of drug-likeness (QED) is 0.701. The third-order valence-electron chi connectivity index (χ3n) is 4.45. The highest BCUT2D eigenvalue weighted by Crippen LogP contribution is 2.24. The van der Waals surface area contributed by atoms with Gasteiger partial charge in [-0.15, -0.1) is 10.2 Å². The van der Waals surface area contributed by atoms with E-state index in [1.165, 1.54) is 6.07 Å². The van der Waals surface area contributed by atoms with E-state index < -0.39 is 9.84 Å². The van der Waals surface area contributed by atoms with Gasteiger partial charge in [-0.25, -0.2) is 8.42 Å².